The molecule has 1 unspecified atom stereocenters. The number of benzene rings is 2. The smallest absolute Gasteiger partial charge is 0.225 e. The Bertz CT molecular complexity index is 975. The molecule has 2 aromatic rings. The zero-order chi connectivity index (χ0) is 22.5. The number of rotatable bonds is 6. The molecule has 0 saturated carbocycles. The molecule has 0 bridgehead atoms. The molecular weight excluding hydrogens is 400 g/mol. The molecule has 0 N–H and O–H groups in total. The molecule has 1 fully saturated rings. The number of carbonyl (C=O) groups excluding carboxylic acids is 2. The lowest BCUT2D eigenvalue weighted by Gasteiger charge is -2.36. The van der Waals surface area contributed by atoms with Crippen LogP contribution < -0.4 is 4.74 Å². The number of amides is 2. The minimum atomic E-state index is -0.228. The molecule has 168 valence electrons. The molecule has 2 heterocycles. The standard InChI is InChI=1S/C27H32N2O3/c1-20(30)29-18-15-23-5-3-4-6-25(23)26(29)19-27(31)28-16-13-22(14-17-28)8-7-21-9-11-24(32-2)12-10-21/h3-6,9-12,15,18,22,26H,7-8,13-14,16-17,19H2,1-2H3. The average molecular weight is 433 g/mol. The van der Waals surface area contributed by atoms with Gasteiger partial charge in [-0.05, 0) is 66.5 Å². The third kappa shape index (κ3) is 5.04. The Morgan fingerprint density at radius 1 is 1.03 bits per heavy atom. The summed E-state index contributed by atoms with van der Waals surface area (Å²) in [6, 6.07) is 16.1. The highest BCUT2D eigenvalue weighted by molar-refractivity contribution is 5.82. The zero-order valence-corrected chi connectivity index (χ0v) is 19.0. The lowest BCUT2D eigenvalue weighted by Crippen LogP contribution is -2.41. The van der Waals surface area contributed by atoms with Crippen molar-refractivity contribution >= 4 is 17.9 Å². The van der Waals surface area contributed by atoms with Gasteiger partial charge in [0.25, 0.3) is 0 Å². The Kier molecular flexibility index (Phi) is 6.93. The Morgan fingerprint density at radius 2 is 1.75 bits per heavy atom. The molecule has 0 spiro atoms. The van der Waals surface area contributed by atoms with E-state index in [1.165, 1.54) is 5.56 Å². The van der Waals surface area contributed by atoms with Crippen LogP contribution in [0.4, 0.5) is 0 Å². The molecule has 32 heavy (non-hydrogen) atoms. The van der Waals surface area contributed by atoms with Crippen LogP contribution in [-0.4, -0.2) is 41.8 Å². The minimum Gasteiger partial charge on any atom is -0.497 e. The van der Waals surface area contributed by atoms with Gasteiger partial charge >= 0.3 is 0 Å². The van der Waals surface area contributed by atoms with Crippen molar-refractivity contribution in [2.24, 2.45) is 5.92 Å². The molecule has 0 radical (unpaired) electrons. The molecular formula is C27H32N2O3. The second-order valence-electron chi connectivity index (χ2n) is 8.80. The second kappa shape index (κ2) is 10.0. The average Bonchev–Trinajstić information content (AvgIpc) is 2.83. The number of nitrogens with zero attached hydrogens (tertiary/aromatic N) is 2. The molecule has 2 aromatic carbocycles. The largest absolute Gasteiger partial charge is 0.497 e. The van der Waals surface area contributed by atoms with Gasteiger partial charge in [-0.3, -0.25) is 9.59 Å². The van der Waals surface area contributed by atoms with E-state index < -0.39 is 0 Å². The Morgan fingerprint density at radius 3 is 2.44 bits per heavy atom. The predicted octanol–water partition coefficient (Wildman–Crippen LogP) is 4.83. The summed E-state index contributed by atoms with van der Waals surface area (Å²) in [7, 11) is 1.69. The van der Waals surface area contributed by atoms with Crippen LogP contribution in [0.3, 0.4) is 0 Å². The minimum absolute atomic E-state index is 0.0363. The monoisotopic (exact) mass is 432 g/mol. The number of likely N-dealkylation sites (tertiary alicyclic amines) is 1. The fourth-order valence-electron chi connectivity index (χ4n) is 4.84. The number of hydrogen-bond donors (Lipinski definition) is 0. The van der Waals surface area contributed by atoms with Crippen molar-refractivity contribution in [2.45, 2.75) is 45.1 Å². The molecule has 1 atom stereocenters. The highest BCUT2D eigenvalue weighted by atomic mass is 16.5. The van der Waals surface area contributed by atoms with Crippen molar-refractivity contribution in [1.82, 2.24) is 9.80 Å². The third-order valence-electron chi connectivity index (χ3n) is 6.80. The van der Waals surface area contributed by atoms with E-state index in [4.69, 9.17) is 4.74 Å². The van der Waals surface area contributed by atoms with E-state index in [9.17, 15) is 9.59 Å². The maximum absolute atomic E-state index is 13.1. The summed E-state index contributed by atoms with van der Waals surface area (Å²) in [5.41, 5.74) is 3.46. The first-order valence-corrected chi connectivity index (χ1v) is 11.5. The van der Waals surface area contributed by atoms with E-state index >= 15 is 0 Å². The van der Waals surface area contributed by atoms with Crippen LogP contribution in [0.15, 0.2) is 54.7 Å². The first kappa shape index (κ1) is 22.1. The predicted molar refractivity (Wildman–Crippen MR) is 126 cm³/mol. The molecule has 1 saturated heterocycles. The van der Waals surface area contributed by atoms with Gasteiger partial charge in [-0.1, -0.05) is 36.4 Å². The van der Waals surface area contributed by atoms with Crippen LogP contribution in [0.25, 0.3) is 6.08 Å². The topological polar surface area (TPSA) is 49.9 Å². The fraction of sp³-hybridized carbons (Fsp3) is 0.407. The Labute approximate surface area is 190 Å². The van der Waals surface area contributed by atoms with Crippen LogP contribution in [0, 0.1) is 5.92 Å². The van der Waals surface area contributed by atoms with Gasteiger partial charge in [0, 0.05) is 26.2 Å². The van der Waals surface area contributed by atoms with Crippen molar-refractivity contribution < 1.29 is 14.3 Å². The summed E-state index contributed by atoms with van der Waals surface area (Å²) in [4.78, 5) is 29.0. The van der Waals surface area contributed by atoms with Gasteiger partial charge < -0.3 is 14.5 Å². The quantitative estimate of drug-likeness (QED) is 0.657. The number of piperidine rings is 1. The van der Waals surface area contributed by atoms with Crippen molar-refractivity contribution in [3.63, 3.8) is 0 Å². The first-order valence-electron chi connectivity index (χ1n) is 11.5. The number of hydrogen-bond acceptors (Lipinski definition) is 3. The fourth-order valence-corrected chi connectivity index (χ4v) is 4.84. The van der Waals surface area contributed by atoms with Crippen LogP contribution in [-0.2, 0) is 16.0 Å². The van der Waals surface area contributed by atoms with E-state index in [-0.39, 0.29) is 17.9 Å². The van der Waals surface area contributed by atoms with Gasteiger partial charge in [0.15, 0.2) is 0 Å². The highest BCUT2D eigenvalue weighted by Gasteiger charge is 2.31. The van der Waals surface area contributed by atoms with Crippen LogP contribution in [0.5, 0.6) is 5.75 Å². The Balaban J connectivity index is 1.31. The second-order valence-corrected chi connectivity index (χ2v) is 8.80. The van der Waals surface area contributed by atoms with Gasteiger partial charge in [-0.25, -0.2) is 0 Å². The molecule has 2 aliphatic heterocycles. The molecule has 5 heteroatoms. The molecule has 0 aromatic heterocycles. The SMILES string of the molecule is COc1ccc(CCC2CCN(C(=O)CC3c4ccccc4C=CN3C(C)=O)CC2)cc1. The van der Waals surface area contributed by atoms with Crippen LogP contribution in [0.2, 0.25) is 0 Å². The summed E-state index contributed by atoms with van der Waals surface area (Å²) in [5, 5.41) is 0. The van der Waals surface area contributed by atoms with Crippen molar-refractivity contribution in [3.05, 3.63) is 71.4 Å². The van der Waals surface area contributed by atoms with Crippen molar-refractivity contribution in [2.75, 3.05) is 20.2 Å². The summed E-state index contributed by atoms with van der Waals surface area (Å²) in [5.74, 6) is 1.64. The number of aryl methyl sites for hydroxylation is 1. The zero-order valence-electron chi connectivity index (χ0n) is 19.0. The maximum atomic E-state index is 13.1. The lowest BCUT2D eigenvalue weighted by molar-refractivity contribution is -0.135. The van der Waals surface area contributed by atoms with Crippen molar-refractivity contribution in [1.29, 1.82) is 0 Å². The summed E-state index contributed by atoms with van der Waals surface area (Å²) < 4.78 is 5.23. The molecule has 2 aliphatic rings. The molecule has 4 rings (SSSR count). The summed E-state index contributed by atoms with van der Waals surface area (Å²) >= 11 is 0. The highest BCUT2D eigenvalue weighted by Crippen LogP contribution is 2.34. The maximum Gasteiger partial charge on any atom is 0.225 e. The van der Waals surface area contributed by atoms with E-state index in [2.05, 4.69) is 12.1 Å². The van der Waals surface area contributed by atoms with Gasteiger partial charge in [-0.15, -0.1) is 0 Å². The van der Waals surface area contributed by atoms with Crippen molar-refractivity contribution in [3.8, 4) is 5.75 Å². The molecule has 2 amide bonds. The van der Waals surface area contributed by atoms with Gasteiger partial charge in [0.1, 0.15) is 5.75 Å². The van der Waals surface area contributed by atoms with Gasteiger partial charge in [0.05, 0.1) is 19.6 Å². The van der Waals surface area contributed by atoms with E-state index in [0.29, 0.717) is 12.3 Å². The molecule has 5 nitrogen and oxygen atoms in total. The number of carbonyl (C=O) groups is 2. The summed E-state index contributed by atoms with van der Waals surface area (Å²) in [6.45, 7) is 3.16. The van der Waals surface area contributed by atoms with Crippen LogP contribution >= 0.6 is 0 Å². The van der Waals surface area contributed by atoms with E-state index in [0.717, 1.165) is 55.6 Å². The van der Waals surface area contributed by atoms with E-state index in [1.54, 1.807) is 18.9 Å². The first-order chi connectivity index (χ1) is 15.5. The van der Waals surface area contributed by atoms with E-state index in [1.807, 2.05) is 53.6 Å². The Hall–Kier alpha value is -3.08. The van der Waals surface area contributed by atoms with Gasteiger partial charge in [-0.2, -0.15) is 0 Å². The lowest BCUT2D eigenvalue weighted by atomic mass is 9.89. The van der Waals surface area contributed by atoms with Crippen LogP contribution in [0.1, 0.15) is 55.3 Å². The normalized spacial score (nSPS) is 18.4. The number of fused-ring (bicyclic) bond motifs is 1. The summed E-state index contributed by atoms with van der Waals surface area (Å²) in [6.07, 6.45) is 8.38. The molecule has 0 aliphatic carbocycles. The number of ether oxygens (including phenoxy) is 1. The number of methoxy groups -OCH3 is 1. The third-order valence-corrected chi connectivity index (χ3v) is 6.80. The van der Waals surface area contributed by atoms with Gasteiger partial charge in [0.2, 0.25) is 11.8 Å².